The molecule has 1 unspecified atom stereocenters. The molecule has 1 atom stereocenters. The summed E-state index contributed by atoms with van der Waals surface area (Å²) >= 11 is 3.44. The van der Waals surface area contributed by atoms with Crippen molar-refractivity contribution in [1.29, 1.82) is 0 Å². The molecule has 0 amide bonds. The van der Waals surface area contributed by atoms with E-state index in [0.717, 1.165) is 10.0 Å². The SMILES string of the molecule is CC(C)(C)NCC(COCC(F)(F)F)c1ccccc1Br. The summed E-state index contributed by atoms with van der Waals surface area (Å²) in [5.41, 5.74) is 0.834. The van der Waals surface area contributed by atoms with E-state index in [1.807, 2.05) is 45.0 Å². The number of alkyl halides is 3. The second-order valence-electron chi connectivity index (χ2n) is 5.98. The Morgan fingerprint density at radius 3 is 2.33 bits per heavy atom. The van der Waals surface area contributed by atoms with E-state index in [9.17, 15) is 13.2 Å². The van der Waals surface area contributed by atoms with E-state index in [0.29, 0.717) is 6.54 Å². The Bertz CT molecular complexity index is 443. The lowest BCUT2D eigenvalue weighted by Crippen LogP contribution is -2.39. The molecular weight excluding hydrogens is 347 g/mol. The first-order chi connectivity index (χ1) is 9.58. The summed E-state index contributed by atoms with van der Waals surface area (Å²) in [5, 5.41) is 3.31. The van der Waals surface area contributed by atoms with Crippen LogP contribution in [0.3, 0.4) is 0 Å². The fourth-order valence-electron chi connectivity index (χ4n) is 1.81. The molecule has 0 aliphatic rings. The predicted octanol–water partition coefficient (Wildman–Crippen LogP) is 4.50. The van der Waals surface area contributed by atoms with Gasteiger partial charge < -0.3 is 10.1 Å². The molecule has 1 N–H and O–H groups in total. The molecule has 0 saturated heterocycles. The lowest BCUT2D eigenvalue weighted by molar-refractivity contribution is -0.174. The van der Waals surface area contributed by atoms with Gasteiger partial charge in [0.05, 0.1) is 6.61 Å². The van der Waals surface area contributed by atoms with E-state index in [1.54, 1.807) is 0 Å². The van der Waals surface area contributed by atoms with Crippen LogP contribution in [-0.4, -0.2) is 31.5 Å². The quantitative estimate of drug-likeness (QED) is 0.799. The fourth-order valence-corrected chi connectivity index (χ4v) is 2.42. The van der Waals surface area contributed by atoms with E-state index in [2.05, 4.69) is 21.2 Å². The van der Waals surface area contributed by atoms with E-state index >= 15 is 0 Å². The number of hydrogen-bond donors (Lipinski definition) is 1. The largest absolute Gasteiger partial charge is 0.411 e. The Kier molecular flexibility index (Phi) is 6.69. The van der Waals surface area contributed by atoms with Crippen molar-refractivity contribution in [3.05, 3.63) is 34.3 Å². The Hall–Kier alpha value is -0.590. The first-order valence-corrected chi connectivity index (χ1v) is 7.52. The van der Waals surface area contributed by atoms with Crippen molar-refractivity contribution >= 4 is 15.9 Å². The molecule has 0 radical (unpaired) electrons. The smallest absolute Gasteiger partial charge is 0.371 e. The Labute approximate surface area is 132 Å². The second kappa shape index (κ2) is 7.61. The summed E-state index contributed by atoms with van der Waals surface area (Å²) in [4.78, 5) is 0. The minimum absolute atomic E-state index is 0.0191. The molecule has 0 aliphatic heterocycles. The summed E-state index contributed by atoms with van der Waals surface area (Å²) < 4.78 is 42.4. The fraction of sp³-hybridized carbons (Fsp3) is 0.600. The zero-order chi connectivity index (χ0) is 16.1. The minimum atomic E-state index is -4.30. The van der Waals surface area contributed by atoms with Gasteiger partial charge in [0.1, 0.15) is 6.61 Å². The zero-order valence-electron chi connectivity index (χ0n) is 12.4. The highest BCUT2D eigenvalue weighted by molar-refractivity contribution is 9.10. The van der Waals surface area contributed by atoms with Crippen molar-refractivity contribution in [3.63, 3.8) is 0 Å². The van der Waals surface area contributed by atoms with Crippen LogP contribution in [0, 0.1) is 0 Å². The number of benzene rings is 1. The average molecular weight is 368 g/mol. The van der Waals surface area contributed by atoms with Gasteiger partial charge in [0.15, 0.2) is 0 Å². The average Bonchev–Trinajstić information content (AvgIpc) is 2.32. The molecule has 0 fully saturated rings. The van der Waals surface area contributed by atoms with Gasteiger partial charge in [-0.05, 0) is 32.4 Å². The van der Waals surface area contributed by atoms with Crippen molar-refractivity contribution in [2.75, 3.05) is 19.8 Å². The Morgan fingerprint density at radius 1 is 1.19 bits per heavy atom. The third-order valence-electron chi connectivity index (χ3n) is 2.81. The van der Waals surface area contributed by atoms with Crippen molar-refractivity contribution in [3.8, 4) is 0 Å². The molecular formula is C15H21BrF3NO. The van der Waals surface area contributed by atoms with Gasteiger partial charge in [0, 0.05) is 22.5 Å². The molecule has 6 heteroatoms. The monoisotopic (exact) mass is 367 g/mol. The van der Waals surface area contributed by atoms with Crippen molar-refractivity contribution in [2.45, 2.75) is 38.4 Å². The van der Waals surface area contributed by atoms with Crippen LogP contribution < -0.4 is 5.32 Å². The maximum absolute atomic E-state index is 12.2. The van der Waals surface area contributed by atoms with E-state index < -0.39 is 12.8 Å². The summed E-state index contributed by atoms with van der Waals surface area (Å²) in [6.45, 7) is 5.39. The molecule has 0 heterocycles. The predicted molar refractivity (Wildman–Crippen MR) is 81.5 cm³/mol. The lowest BCUT2D eigenvalue weighted by Gasteiger charge is -2.26. The highest BCUT2D eigenvalue weighted by Crippen LogP contribution is 2.26. The number of ether oxygens (including phenoxy) is 1. The Morgan fingerprint density at radius 2 is 1.81 bits per heavy atom. The van der Waals surface area contributed by atoms with Crippen LogP contribution in [0.1, 0.15) is 32.3 Å². The van der Waals surface area contributed by atoms with Gasteiger partial charge in [-0.3, -0.25) is 0 Å². The van der Waals surface area contributed by atoms with Gasteiger partial charge in [-0.25, -0.2) is 0 Å². The van der Waals surface area contributed by atoms with Gasteiger partial charge in [-0.1, -0.05) is 34.1 Å². The third kappa shape index (κ3) is 7.83. The molecule has 1 rings (SSSR count). The minimum Gasteiger partial charge on any atom is -0.371 e. The number of rotatable bonds is 6. The first kappa shape index (κ1) is 18.5. The normalized spacial score (nSPS) is 14.2. The molecule has 0 aliphatic carbocycles. The standard InChI is InChI=1S/C15H21BrF3NO/c1-14(2,3)20-8-11(9-21-10-15(17,18)19)12-6-4-5-7-13(12)16/h4-7,11,20H,8-10H2,1-3H3. The molecule has 0 aromatic heterocycles. The molecule has 2 nitrogen and oxygen atoms in total. The van der Waals surface area contributed by atoms with E-state index in [4.69, 9.17) is 4.74 Å². The first-order valence-electron chi connectivity index (χ1n) is 6.72. The highest BCUT2D eigenvalue weighted by atomic mass is 79.9. The van der Waals surface area contributed by atoms with Crippen molar-refractivity contribution < 1.29 is 17.9 Å². The summed E-state index contributed by atoms with van der Waals surface area (Å²) in [5.74, 6) is -0.151. The molecule has 21 heavy (non-hydrogen) atoms. The van der Waals surface area contributed by atoms with E-state index in [1.165, 1.54) is 0 Å². The van der Waals surface area contributed by atoms with Crippen LogP contribution in [-0.2, 0) is 4.74 Å². The molecule has 120 valence electrons. The van der Waals surface area contributed by atoms with E-state index in [-0.39, 0.29) is 18.1 Å². The lowest BCUT2D eigenvalue weighted by atomic mass is 9.98. The van der Waals surface area contributed by atoms with Crippen LogP contribution in [0.2, 0.25) is 0 Å². The van der Waals surface area contributed by atoms with Crippen molar-refractivity contribution in [2.24, 2.45) is 0 Å². The molecule has 0 spiro atoms. The number of hydrogen-bond acceptors (Lipinski definition) is 2. The topological polar surface area (TPSA) is 21.3 Å². The van der Waals surface area contributed by atoms with Crippen LogP contribution >= 0.6 is 15.9 Å². The highest BCUT2D eigenvalue weighted by Gasteiger charge is 2.28. The van der Waals surface area contributed by atoms with Gasteiger partial charge in [-0.15, -0.1) is 0 Å². The second-order valence-corrected chi connectivity index (χ2v) is 6.83. The summed E-state index contributed by atoms with van der Waals surface area (Å²) in [6.07, 6.45) is -4.30. The molecule has 0 bridgehead atoms. The zero-order valence-corrected chi connectivity index (χ0v) is 14.0. The Balaban J connectivity index is 2.73. The van der Waals surface area contributed by atoms with Gasteiger partial charge in [0.2, 0.25) is 0 Å². The van der Waals surface area contributed by atoms with Crippen molar-refractivity contribution in [1.82, 2.24) is 5.32 Å². The van der Waals surface area contributed by atoms with Gasteiger partial charge >= 0.3 is 6.18 Å². The summed E-state index contributed by atoms with van der Waals surface area (Å²) in [6, 6.07) is 7.52. The van der Waals surface area contributed by atoms with Crippen LogP contribution in [0.25, 0.3) is 0 Å². The maximum atomic E-state index is 12.2. The van der Waals surface area contributed by atoms with Crippen LogP contribution in [0.15, 0.2) is 28.7 Å². The van der Waals surface area contributed by atoms with Crippen LogP contribution in [0.5, 0.6) is 0 Å². The number of nitrogens with one attached hydrogen (secondary N) is 1. The molecule has 1 aromatic rings. The number of halogens is 4. The summed E-state index contributed by atoms with van der Waals surface area (Å²) in [7, 11) is 0. The molecule has 1 aromatic carbocycles. The maximum Gasteiger partial charge on any atom is 0.411 e. The molecule has 0 saturated carbocycles. The van der Waals surface area contributed by atoms with Gasteiger partial charge in [-0.2, -0.15) is 13.2 Å². The van der Waals surface area contributed by atoms with Crippen LogP contribution in [0.4, 0.5) is 13.2 Å². The third-order valence-corrected chi connectivity index (χ3v) is 3.53. The van der Waals surface area contributed by atoms with Gasteiger partial charge in [0.25, 0.3) is 0 Å².